The second kappa shape index (κ2) is 6.90. The lowest BCUT2D eigenvalue weighted by atomic mass is 10.1. The van der Waals surface area contributed by atoms with Crippen molar-refractivity contribution in [1.29, 1.82) is 0 Å². The van der Waals surface area contributed by atoms with E-state index in [1.807, 2.05) is 40.9 Å². The van der Waals surface area contributed by atoms with Crippen molar-refractivity contribution in [3.8, 4) is 0 Å². The van der Waals surface area contributed by atoms with Gasteiger partial charge in [-0.3, -0.25) is 4.40 Å². The third-order valence-electron chi connectivity index (χ3n) is 3.68. The van der Waals surface area contributed by atoms with Crippen LogP contribution in [0.4, 0.5) is 0 Å². The molecule has 3 rings (SSSR count). The lowest BCUT2D eigenvalue weighted by Crippen LogP contribution is -2.30. The van der Waals surface area contributed by atoms with Crippen LogP contribution in [0.2, 0.25) is 5.02 Å². The first-order chi connectivity index (χ1) is 10.7. The number of rotatable bonds is 6. The quantitative estimate of drug-likeness (QED) is 0.760. The summed E-state index contributed by atoms with van der Waals surface area (Å²) in [7, 11) is 0. The summed E-state index contributed by atoms with van der Waals surface area (Å²) >= 11 is 5.91. The van der Waals surface area contributed by atoms with Crippen LogP contribution < -0.4 is 5.32 Å². The molecule has 0 unspecified atom stereocenters. The lowest BCUT2D eigenvalue weighted by molar-refractivity contribution is 0.542. The molecule has 3 aromatic rings. The largest absolute Gasteiger partial charge is 0.313 e. The second-order valence-corrected chi connectivity index (χ2v) is 5.92. The molecule has 0 fully saturated rings. The van der Waals surface area contributed by atoms with E-state index in [1.165, 1.54) is 5.56 Å². The number of nitrogens with zero attached hydrogens (tertiary/aromatic N) is 3. The number of fused-ring (bicyclic) bond motifs is 1. The van der Waals surface area contributed by atoms with E-state index in [2.05, 4.69) is 34.6 Å². The van der Waals surface area contributed by atoms with Gasteiger partial charge in [0, 0.05) is 30.2 Å². The van der Waals surface area contributed by atoms with Gasteiger partial charge in [-0.2, -0.15) is 0 Å². The fourth-order valence-electron chi connectivity index (χ4n) is 2.54. The Hall–Kier alpha value is -1.91. The highest BCUT2D eigenvalue weighted by atomic mass is 35.5. The Bertz CT molecular complexity index is 736. The minimum Gasteiger partial charge on any atom is -0.313 e. The summed E-state index contributed by atoms with van der Waals surface area (Å²) in [4.78, 5) is 0. The monoisotopic (exact) mass is 314 g/mol. The van der Waals surface area contributed by atoms with E-state index >= 15 is 0 Å². The zero-order chi connectivity index (χ0) is 15.4. The molecule has 1 atom stereocenters. The molecule has 0 aliphatic carbocycles. The molecule has 1 aromatic carbocycles. The SMILES string of the molecule is C[C@@H](Cc1ccc(Cl)cc1)NCCc1nnc2ccccn12. The minimum atomic E-state index is 0.403. The standard InChI is InChI=1S/C17H19ClN4/c1-13(12-14-5-7-15(18)8-6-14)19-10-9-17-21-20-16-4-2-3-11-22(16)17/h2-8,11,13,19H,9-10,12H2,1H3/t13-/m0/s1. The summed E-state index contributed by atoms with van der Waals surface area (Å²) in [5.74, 6) is 0.988. The van der Waals surface area contributed by atoms with Gasteiger partial charge in [0.1, 0.15) is 5.82 Å². The third-order valence-corrected chi connectivity index (χ3v) is 3.93. The van der Waals surface area contributed by atoms with Gasteiger partial charge in [-0.15, -0.1) is 10.2 Å². The van der Waals surface area contributed by atoms with Crippen molar-refractivity contribution in [2.75, 3.05) is 6.54 Å². The molecule has 22 heavy (non-hydrogen) atoms. The van der Waals surface area contributed by atoms with Gasteiger partial charge in [0.25, 0.3) is 0 Å². The maximum Gasteiger partial charge on any atom is 0.160 e. The van der Waals surface area contributed by atoms with Crippen molar-refractivity contribution >= 4 is 17.2 Å². The summed E-state index contributed by atoms with van der Waals surface area (Å²) in [6.45, 7) is 3.07. The molecule has 5 heteroatoms. The van der Waals surface area contributed by atoms with Crippen molar-refractivity contribution in [1.82, 2.24) is 19.9 Å². The molecular weight excluding hydrogens is 296 g/mol. The summed E-state index contributed by atoms with van der Waals surface area (Å²) in [5, 5.41) is 12.7. The van der Waals surface area contributed by atoms with Crippen molar-refractivity contribution in [2.24, 2.45) is 0 Å². The van der Waals surface area contributed by atoms with E-state index in [1.54, 1.807) is 0 Å². The highest BCUT2D eigenvalue weighted by Gasteiger charge is 2.06. The van der Waals surface area contributed by atoms with E-state index < -0.39 is 0 Å². The zero-order valence-corrected chi connectivity index (χ0v) is 13.3. The van der Waals surface area contributed by atoms with Gasteiger partial charge in [0.15, 0.2) is 5.65 Å². The molecule has 0 amide bonds. The topological polar surface area (TPSA) is 42.2 Å². The Morgan fingerprint density at radius 2 is 1.95 bits per heavy atom. The predicted octanol–water partition coefficient (Wildman–Crippen LogP) is 3.15. The Kier molecular flexibility index (Phi) is 4.71. The summed E-state index contributed by atoms with van der Waals surface area (Å²) in [6, 6.07) is 14.4. The highest BCUT2D eigenvalue weighted by molar-refractivity contribution is 6.30. The molecule has 114 valence electrons. The molecule has 2 heterocycles. The smallest absolute Gasteiger partial charge is 0.160 e. The van der Waals surface area contributed by atoms with Crippen LogP contribution in [-0.4, -0.2) is 27.2 Å². The highest BCUT2D eigenvalue weighted by Crippen LogP contribution is 2.11. The van der Waals surface area contributed by atoms with E-state index in [4.69, 9.17) is 11.6 Å². The molecule has 0 saturated heterocycles. The van der Waals surface area contributed by atoms with E-state index in [0.29, 0.717) is 6.04 Å². The van der Waals surface area contributed by atoms with Gasteiger partial charge in [-0.05, 0) is 43.2 Å². The van der Waals surface area contributed by atoms with Crippen molar-refractivity contribution in [3.63, 3.8) is 0 Å². The molecule has 0 aliphatic heterocycles. The average molecular weight is 315 g/mol. The molecular formula is C17H19ClN4. The Morgan fingerprint density at radius 3 is 2.77 bits per heavy atom. The lowest BCUT2D eigenvalue weighted by Gasteiger charge is -2.13. The zero-order valence-electron chi connectivity index (χ0n) is 12.5. The molecule has 1 N–H and O–H groups in total. The van der Waals surface area contributed by atoms with Gasteiger partial charge in [-0.1, -0.05) is 29.8 Å². The number of benzene rings is 1. The molecule has 0 spiro atoms. The maximum absolute atomic E-state index is 5.91. The van der Waals surface area contributed by atoms with Crippen LogP contribution in [0.5, 0.6) is 0 Å². The van der Waals surface area contributed by atoms with Gasteiger partial charge in [0.2, 0.25) is 0 Å². The van der Waals surface area contributed by atoms with Gasteiger partial charge >= 0.3 is 0 Å². The number of hydrogen-bond donors (Lipinski definition) is 1. The summed E-state index contributed by atoms with van der Waals surface area (Å²) in [6.07, 6.45) is 3.84. The van der Waals surface area contributed by atoms with Crippen molar-refractivity contribution in [3.05, 3.63) is 65.1 Å². The van der Waals surface area contributed by atoms with E-state index in [9.17, 15) is 0 Å². The first kappa shape index (κ1) is 15.0. The molecule has 2 aromatic heterocycles. The molecule has 0 aliphatic rings. The molecule has 0 bridgehead atoms. The van der Waals surface area contributed by atoms with Gasteiger partial charge < -0.3 is 5.32 Å². The number of aromatic nitrogens is 3. The first-order valence-corrected chi connectivity index (χ1v) is 7.86. The van der Waals surface area contributed by atoms with E-state index in [-0.39, 0.29) is 0 Å². The Morgan fingerprint density at radius 1 is 1.14 bits per heavy atom. The van der Waals surface area contributed by atoms with E-state index in [0.717, 1.165) is 35.9 Å². The van der Waals surface area contributed by atoms with Crippen molar-refractivity contribution < 1.29 is 0 Å². The molecule has 4 nitrogen and oxygen atoms in total. The first-order valence-electron chi connectivity index (χ1n) is 7.49. The maximum atomic E-state index is 5.91. The predicted molar refractivity (Wildman–Crippen MR) is 89.3 cm³/mol. The van der Waals surface area contributed by atoms with Crippen LogP contribution in [0.1, 0.15) is 18.3 Å². The number of hydrogen-bond acceptors (Lipinski definition) is 3. The number of halogens is 1. The van der Waals surface area contributed by atoms with Crippen molar-refractivity contribution in [2.45, 2.75) is 25.8 Å². The van der Waals surface area contributed by atoms with Crippen LogP contribution in [0.3, 0.4) is 0 Å². The number of nitrogens with one attached hydrogen (secondary N) is 1. The minimum absolute atomic E-state index is 0.403. The van der Waals surface area contributed by atoms with Gasteiger partial charge in [0.05, 0.1) is 0 Å². The fourth-order valence-corrected chi connectivity index (χ4v) is 2.66. The van der Waals surface area contributed by atoms with Gasteiger partial charge in [-0.25, -0.2) is 0 Å². The third kappa shape index (κ3) is 3.64. The fraction of sp³-hybridized carbons (Fsp3) is 0.294. The van der Waals surface area contributed by atoms with Crippen LogP contribution in [-0.2, 0) is 12.8 Å². The van der Waals surface area contributed by atoms with Crippen LogP contribution in [0, 0.1) is 0 Å². The second-order valence-electron chi connectivity index (χ2n) is 5.48. The molecule has 0 radical (unpaired) electrons. The summed E-state index contributed by atoms with van der Waals surface area (Å²) < 4.78 is 2.03. The van der Waals surface area contributed by atoms with Crippen LogP contribution >= 0.6 is 11.6 Å². The molecule has 0 saturated carbocycles. The summed E-state index contributed by atoms with van der Waals surface area (Å²) in [5.41, 5.74) is 2.18. The number of pyridine rings is 1. The normalized spacial score (nSPS) is 12.6. The van der Waals surface area contributed by atoms with Crippen LogP contribution in [0.15, 0.2) is 48.7 Å². The van der Waals surface area contributed by atoms with Crippen LogP contribution in [0.25, 0.3) is 5.65 Å². The Labute approximate surface area is 135 Å². The average Bonchev–Trinajstić information content (AvgIpc) is 2.93. The Balaban J connectivity index is 1.51.